The fourth-order valence-electron chi connectivity index (χ4n) is 4.17. The van der Waals surface area contributed by atoms with Gasteiger partial charge in [0.1, 0.15) is 0 Å². The number of aryl methyl sites for hydroxylation is 1. The molecule has 4 nitrogen and oxygen atoms in total. The highest BCUT2D eigenvalue weighted by atomic mass is 14.9. The van der Waals surface area contributed by atoms with E-state index in [1.54, 1.807) is 0 Å². The Hall–Kier alpha value is -2.72. The Morgan fingerprint density at radius 2 is 1.77 bits per heavy atom. The number of piperidine rings is 1. The van der Waals surface area contributed by atoms with Gasteiger partial charge in [-0.15, -0.1) is 0 Å². The number of nitrogens with one attached hydrogen (secondary N) is 1. The molecule has 0 spiro atoms. The van der Waals surface area contributed by atoms with Crippen molar-refractivity contribution >= 4 is 21.8 Å². The smallest absolute Gasteiger partial charge is 0.0519 e. The van der Waals surface area contributed by atoms with Gasteiger partial charge in [0.05, 0.1) is 5.52 Å². The number of pyridine rings is 2. The fraction of sp³-hybridized carbons (Fsp3) is 0.273. The Balaban J connectivity index is 1.54. The average molecular weight is 342 g/mol. The van der Waals surface area contributed by atoms with Gasteiger partial charge in [-0.05, 0) is 49.7 Å². The molecule has 1 fully saturated rings. The molecule has 0 aliphatic carbocycles. The van der Waals surface area contributed by atoms with Gasteiger partial charge in [-0.3, -0.25) is 9.97 Å². The summed E-state index contributed by atoms with van der Waals surface area (Å²) < 4.78 is 2.24. The summed E-state index contributed by atoms with van der Waals surface area (Å²) in [6.45, 7) is 2.20. The highest BCUT2D eigenvalue weighted by Crippen LogP contribution is 2.31. The first-order valence-corrected chi connectivity index (χ1v) is 9.30. The van der Waals surface area contributed by atoms with E-state index >= 15 is 0 Å². The molecule has 0 radical (unpaired) electrons. The van der Waals surface area contributed by atoms with Crippen LogP contribution in [0.3, 0.4) is 0 Å². The molecule has 5 rings (SSSR count). The molecular formula is C22H22N4. The Morgan fingerprint density at radius 3 is 2.58 bits per heavy atom. The van der Waals surface area contributed by atoms with Crippen LogP contribution in [0.25, 0.3) is 32.9 Å². The minimum Gasteiger partial charge on any atom is -0.343 e. The summed E-state index contributed by atoms with van der Waals surface area (Å²) in [4.78, 5) is 9.06. The molecule has 1 aliphatic rings. The number of benzene rings is 1. The van der Waals surface area contributed by atoms with E-state index in [9.17, 15) is 0 Å². The third kappa shape index (κ3) is 2.49. The molecule has 130 valence electrons. The number of nitrogens with zero attached hydrogens (tertiary/aromatic N) is 3. The van der Waals surface area contributed by atoms with Crippen molar-refractivity contribution < 1.29 is 0 Å². The highest BCUT2D eigenvalue weighted by molar-refractivity contribution is 6.08. The van der Waals surface area contributed by atoms with Gasteiger partial charge in [-0.1, -0.05) is 18.2 Å². The van der Waals surface area contributed by atoms with Crippen LogP contribution in [0, 0.1) is 0 Å². The number of fused-ring (bicyclic) bond motifs is 3. The first-order valence-electron chi connectivity index (χ1n) is 9.30. The van der Waals surface area contributed by atoms with Crippen LogP contribution in [0.2, 0.25) is 0 Å². The Kier molecular flexibility index (Phi) is 3.71. The summed E-state index contributed by atoms with van der Waals surface area (Å²) >= 11 is 0. The lowest BCUT2D eigenvalue weighted by Gasteiger charge is -2.22. The second-order valence-electron chi connectivity index (χ2n) is 7.18. The number of rotatable bonds is 2. The zero-order chi connectivity index (χ0) is 17.5. The monoisotopic (exact) mass is 342 g/mol. The zero-order valence-electron chi connectivity index (χ0n) is 14.9. The van der Waals surface area contributed by atoms with Crippen LogP contribution >= 0.6 is 0 Å². The molecule has 0 atom stereocenters. The maximum absolute atomic E-state index is 4.78. The van der Waals surface area contributed by atoms with Gasteiger partial charge >= 0.3 is 0 Å². The van der Waals surface area contributed by atoms with Crippen LogP contribution < -0.4 is 5.32 Å². The van der Waals surface area contributed by atoms with Gasteiger partial charge in [0.15, 0.2) is 0 Å². The first-order chi connectivity index (χ1) is 12.8. The number of aromatic nitrogens is 3. The molecule has 4 heteroatoms. The lowest BCUT2D eigenvalue weighted by molar-refractivity contribution is 0.453. The van der Waals surface area contributed by atoms with Crippen LogP contribution in [0.15, 0.2) is 55.0 Å². The van der Waals surface area contributed by atoms with E-state index < -0.39 is 0 Å². The van der Waals surface area contributed by atoms with Crippen molar-refractivity contribution in [3.05, 3.63) is 60.7 Å². The van der Waals surface area contributed by atoms with Crippen molar-refractivity contribution in [2.24, 2.45) is 7.05 Å². The van der Waals surface area contributed by atoms with Crippen LogP contribution in [0.4, 0.5) is 0 Å². The summed E-state index contributed by atoms with van der Waals surface area (Å²) in [5, 5.41) is 5.87. The third-order valence-corrected chi connectivity index (χ3v) is 5.69. The van der Waals surface area contributed by atoms with E-state index in [2.05, 4.69) is 58.3 Å². The van der Waals surface area contributed by atoms with Crippen LogP contribution in [-0.4, -0.2) is 27.6 Å². The van der Waals surface area contributed by atoms with E-state index in [1.807, 2.05) is 18.6 Å². The molecule has 26 heavy (non-hydrogen) atoms. The third-order valence-electron chi connectivity index (χ3n) is 5.69. The van der Waals surface area contributed by atoms with Crippen LogP contribution in [0.5, 0.6) is 0 Å². The second-order valence-corrected chi connectivity index (χ2v) is 7.18. The van der Waals surface area contributed by atoms with Gasteiger partial charge in [-0.2, -0.15) is 0 Å². The van der Waals surface area contributed by atoms with Crippen molar-refractivity contribution in [3.8, 4) is 11.1 Å². The summed E-state index contributed by atoms with van der Waals surface area (Å²) in [7, 11) is 2.12. The SMILES string of the molecule is Cn1c2ccncc2c2ccc(-c3ccc(C4CCNCC4)nc3)cc21. The van der Waals surface area contributed by atoms with E-state index in [1.165, 1.54) is 51.5 Å². The molecule has 0 amide bonds. The van der Waals surface area contributed by atoms with Crippen LogP contribution in [-0.2, 0) is 7.05 Å². The first kappa shape index (κ1) is 15.5. The predicted octanol–water partition coefficient (Wildman–Crippen LogP) is 4.26. The van der Waals surface area contributed by atoms with Gasteiger partial charge in [0, 0.05) is 59.1 Å². The second kappa shape index (κ2) is 6.22. The molecule has 3 aromatic heterocycles. The lowest BCUT2D eigenvalue weighted by atomic mass is 9.93. The number of hydrogen-bond donors (Lipinski definition) is 1. The van der Waals surface area contributed by atoms with Gasteiger partial charge < -0.3 is 9.88 Å². The zero-order valence-corrected chi connectivity index (χ0v) is 14.9. The minimum atomic E-state index is 0.596. The van der Waals surface area contributed by atoms with Crippen molar-refractivity contribution in [1.82, 2.24) is 19.9 Å². The molecule has 0 unspecified atom stereocenters. The van der Waals surface area contributed by atoms with Gasteiger partial charge in [0.2, 0.25) is 0 Å². The van der Waals surface area contributed by atoms with Crippen molar-refractivity contribution in [3.63, 3.8) is 0 Å². The number of hydrogen-bond acceptors (Lipinski definition) is 3. The summed E-state index contributed by atoms with van der Waals surface area (Å²) in [6.07, 6.45) is 8.20. The standard InChI is InChI=1S/C22H22N4/c1-26-21-8-11-24-14-19(21)18-4-2-16(12-22(18)26)17-3-5-20(25-13-17)15-6-9-23-10-7-15/h2-5,8,11-15,23H,6-7,9-10H2,1H3. The maximum atomic E-state index is 4.78. The van der Waals surface area contributed by atoms with E-state index in [4.69, 9.17) is 4.98 Å². The Morgan fingerprint density at radius 1 is 0.923 bits per heavy atom. The Bertz CT molecular complexity index is 1070. The quantitative estimate of drug-likeness (QED) is 0.592. The Labute approximate surface area is 152 Å². The van der Waals surface area contributed by atoms with Crippen LogP contribution in [0.1, 0.15) is 24.5 Å². The summed E-state index contributed by atoms with van der Waals surface area (Å²) in [6, 6.07) is 13.2. The molecule has 1 aromatic carbocycles. The van der Waals surface area contributed by atoms with Crippen molar-refractivity contribution in [1.29, 1.82) is 0 Å². The highest BCUT2D eigenvalue weighted by Gasteiger charge is 2.16. The maximum Gasteiger partial charge on any atom is 0.0519 e. The predicted molar refractivity (Wildman–Crippen MR) is 106 cm³/mol. The van der Waals surface area contributed by atoms with Crippen molar-refractivity contribution in [2.45, 2.75) is 18.8 Å². The summed E-state index contributed by atoms with van der Waals surface area (Å²) in [5.41, 5.74) is 6.06. The topological polar surface area (TPSA) is 42.7 Å². The van der Waals surface area contributed by atoms with Gasteiger partial charge in [-0.25, -0.2) is 0 Å². The molecule has 0 bridgehead atoms. The normalized spacial score (nSPS) is 15.7. The van der Waals surface area contributed by atoms with E-state index in [-0.39, 0.29) is 0 Å². The minimum absolute atomic E-state index is 0.596. The summed E-state index contributed by atoms with van der Waals surface area (Å²) in [5.74, 6) is 0.596. The molecule has 1 saturated heterocycles. The molecule has 4 heterocycles. The fourth-order valence-corrected chi connectivity index (χ4v) is 4.17. The van der Waals surface area contributed by atoms with Gasteiger partial charge in [0.25, 0.3) is 0 Å². The van der Waals surface area contributed by atoms with E-state index in [0.29, 0.717) is 5.92 Å². The molecule has 1 aliphatic heterocycles. The molecular weight excluding hydrogens is 320 g/mol. The van der Waals surface area contributed by atoms with Crippen molar-refractivity contribution in [2.75, 3.05) is 13.1 Å². The molecule has 4 aromatic rings. The molecule has 1 N–H and O–H groups in total. The average Bonchev–Trinajstić information content (AvgIpc) is 3.01. The largest absolute Gasteiger partial charge is 0.343 e. The lowest BCUT2D eigenvalue weighted by Crippen LogP contribution is -2.26. The van der Waals surface area contributed by atoms with E-state index in [0.717, 1.165) is 13.1 Å². The molecule has 0 saturated carbocycles.